The van der Waals surface area contributed by atoms with Crippen molar-refractivity contribution in [3.8, 4) is 16.9 Å². The Morgan fingerprint density at radius 3 is 2.46 bits per heavy atom. The molecule has 0 bridgehead atoms. The van der Waals surface area contributed by atoms with Crippen LogP contribution in [-0.4, -0.2) is 45.7 Å². The summed E-state index contributed by atoms with van der Waals surface area (Å²) in [5, 5.41) is 16.5. The number of aromatic hydroxyl groups is 1. The molecule has 152 valence electrons. The highest BCUT2D eigenvalue weighted by atomic mass is 79.9. The number of ether oxygens (including phenoxy) is 2. The summed E-state index contributed by atoms with van der Waals surface area (Å²) >= 11 is 3.39. The van der Waals surface area contributed by atoms with E-state index in [0.717, 1.165) is 0 Å². The molecule has 0 radical (unpaired) electrons. The first kappa shape index (κ1) is 21.7. The molecule has 0 saturated heterocycles. The summed E-state index contributed by atoms with van der Waals surface area (Å²) in [5.41, 5.74) is 0.904. The van der Waals surface area contributed by atoms with E-state index in [1.54, 1.807) is 39.8 Å². The number of benzene rings is 1. The molecule has 28 heavy (non-hydrogen) atoms. The Morgan fingerprint density at radius 1 is 1.25 bits per heavy atom. The zero-order chi connectivity index (χ0) is 20.9. The van der Waals surface area contributed by atoms with Gasteiger partial charge in [-0.25, -0.2) is 9.59 Å². The zero-order valence-electron chi connectivity index (χ0n) is 16.3. The monoisotopic (exact) mass is 453 g/mol. The van der Waals surface area contributed by atoms with Gasteiger partial charge in [-0.2, -0.15) is 5.10 Å². The Labute approximate surface area is 172 Å². The zero-order valence-corrected chi connectivity index (χ0v) is 17.9. The number of phenols is 1. The van der Waals surface area contributed by atoms with Crippen molar-refractivity contribution < 1.29 is 24.2 Å². The predicted octanol–water partition coefficient (Wildman–Crippen LogP) is 3.72. The van der Waals surface area contributed by atoms with Crippen LogP contribution in [0.1, 0.15) is 38.2 Å². The van der Waals surface area contributed by atoms with E-state index >= 15 is 0 Å². The Hall–Kier alpha value is -2.55. The van der Waals surface area contributed by atoms with E-state index in [9.17, 15) is 14.7 Å². The molecule has 1 heterocycles. The van der Waals surface area contributed by atoms with E-state index in [1.807, 2.05) is 0 Å². The summed E-state index contributed by atoms with van der Waals surface area (Å²) < 4.78 is 12.3. The summed E-state index contributed by atoms with van der Waals surface area (Å²) in [6.07, 6.45) is -0.546. The van der Waals surface area contributed by atoms with Crippen LogP contribution < -0.4 is 5.32 Å². The van der Waals surface area contributed by atoms with Crippen LogP contribution in [0.25, 0.3) is 11.1 Å². The molecule has 0 aliphatic heterocycles. The molecule has 0 unspecified atom stereocenters. The third-order valence-corrected chi connectivity index (χ3v) is 4.08. The van der Waals surface area contributed by atoms with E-state index in [-0.39, 0.29) is 31.1 Å². The van der Waals surface area contributed by atoms with Crippen LogP contribution in [0.5, 0.6) is 5.75 Å². The molecule has 0 aliphatic rings. The van der Waals surface area contributed by atoms with Crippen LogP contribution in [0, 0.1) is 0 Å². The number of esters is 1. The van der Waals surface area contributed by atoms with Crippen molar-refractivity contribution in [2.75, 3.05) is 13.2 Å². The molecule has 2 rings (SSSR count). The molecule has 1 aromatic heterocycles. The largest absolute Gasteiger partial charge is 0.508 e. The van der Waals surface area contributed by atoms with Crippen molar-refractivity contribution >= 4 is 28.0 Å². The standard InChI is InChI=1S/C19H24BrN3O5/c1-5-27-17(25)15-14(12-6-8-13(24)9-7-12)16(20)22-23(15)11-10-21-18(26)28-19(2,3)4/h6-9,24H,5,10-11H2,1-4H3,(H,21,26). The number of amides is 1. The second-order valence-electron chi connectivity index (χ2n) is 6.93. The van der Waals surface area contributed by atoms with Crippen LogP contribution in [0.3, 0.4) is 0 Å². The van der Waals surface area contributed by atoms with Crippen LogP contribution in [0.15, 0.2) is 28.9 Å². The predicted molar refractivity (Wildman–Crippen MR) is 107 cm³/mol. The lowest BCUT2D eigenvalue weighted by atomic mass is 10.1. The first-order valence-corrected chi connectivity index (χ1v) is 9.61. The maximum Gasteiger partial charge on any atom is 0.407 e. The molecule has 0 fully saturated rings. The van der Waals surface area contributed by atoms with Gasteiger partial charge in [-0.05, 0) is 61.3 Å². The van der Waals surface area contributed by atoms with Gasteiger partial charge in [-0.1, -0.05) is 12.1 Å². The van der Waals surface area contributed by atoms with E-state index in [4.69, 9.17) is 9.47 Å². The lowest BCUT2D eigenvalue weighted by Crippen LogP contribution is -2.34. The fourth-order valence-corrected chi connectivity index (χ4v) is 3.07. The van der Waals surface area contributed by atoms with E-state index in [2.05, 4.69) is 26.3 Å². The Morgan fingerprint density at radius 2 is 1.89 bits per heavy atom. The molecular weight excluding hydrogens is 430 g/mol. The first-order valence-electron chi connectivity index (χ1n) is 8.82. The summed E-state index contributed by atoms with van der Waals surface area (Å²) in [6, 6.07) is 6.42. The fraction of sp³-hybridized carbons (Fsp3) is 0.421. The number of nitrogens with zero attached hydrogens (tertiary/aromatic N) is 2. The SMILES string of the molecule is CCOC(=O)c1c(-c2ccc(O)cc2)c(Br)nn1CCNC(=O)OC(C)(C)C. The average molecular weight is 454 g/mol. The van der Waals surface area contributed by atoms with Gasteiger partial charge in [0, 0.05) is 12.1 Å². The van der Waals surface area contributed by atoms with Gasteiger partial charge in [-0.15, -0.1) is 0 Å². The van der Waals surface area contributed by atoms with Gasteiger partial charge in [0.25, 0.3) is 0 Å². The van der Waals surface area contributed by atoms with Crippen molar-refractivity contribution in [1.29, 1.82) is 0 Å². The van der Waals surface area contributed by atoms with Crippen LogP contribution in [0.2, 0.25) is 0 Å². The second-order valence-corrected chi connectivity index (χ2v) is 7.68. The third-order valence-electron chi connectivity index (χ3n) is 3.53. The summed E-state index contributed by atoms with van der Waals surface area (Å²) in [5.74, 6) is -0.410. The molecule has 0 atom stereocenters. The van der Waals surface area contributed by atoms with Crippen molar-refractivity contribution in [2.45, 2.75) is 39.8 Å². The molecule has 0 aliphatic carbocycles. The van der Waals surface area contributed by atoms with Crippen molar-refractivity contribution in [3.05, 3.63) is 34.6 Å². The number of aromatic nitrogens is 2. The highest BCUT2D eigenvalue weighted by Gasteiger charge is 2.25. The molecule has 2 aromatic rings. The van der Waals surface area contributed by atoms with Crippen molar-refractivity contribution in [3.63, 3.8) is 0 Å². The lowest BCUT2D eigenvalue weighted by molar-refractivity contribution is 0.0513. The highest BCUT2D eigenvalue weighted by Crippen LogP contribution is 2.33. The minimum atomic E-state index is -0.596. The Kier molecular flexibility index (Phi) is 7.06. The number of carbonyl (C=O) groups excluding carboxylic acids is 2. The number of halogens is 1. The normalized spacial score (nSPS) is 11.2. The summed E-state index contributed by atoms with van der Waals surface area (Å²) in [7, 11) is 0. The van der Waals surface area contributed by atoms with Gasteiger partial charge in [-0.3, -0.25) is 4.68 Å². The molecule has 2 N–H and O–H groups in total. The van der Waals surface area contributed by atoms with E-state index in [1.165, 1.54) is 16.8 Å². The molecule has 8 nitrogen and oxygen atoms in total. The smallest absolute Gasteiger partial charge is 0.407 e. The minimum absolute atomic E-state index is 0.117. The lowest BCUT2D eigenvalue weighted by Gasteiger charge is -2.19. The molecule has 0 spiro atoms. The van der Waals surface area contributed by atoms with Gasteiger partial charge in [0.15, 0.2) is 5.69 Å². The maximum atomic E-state index is 12.6. The summed E-state index contributed by atoms with van der Waals surface area (Å²) in [6.45, 7) is 7.72. The van der Waals surface area contributed by atoms with Crippen LogP contribution >= 0.6 is 15.9 Å². The number of carbonyl (C=O) groups is 2. The topological polar surface area (TPSA) is 103 Å². The maximum absolute atomic E-state index is 12.6. The van der Waals surface area contributed by atoms with Crippen molar-refractivity contribution in [2.24, 2.45) is 0 Å². The Balaban J connectivity index is 2.26. The fourth-order valence-electron chi connectivity index (χ4n) is 2.46. The molecule has 0 saturated carbocycles. The number of alkyl carbamates (subject to hydrolysis) is 1. The molecular formula is C19H24BrN3O5. The molecule has 1 amide bonds. The Bertz CT molecular complexity index is 840. The van der Waals surface area contributed by atoms with Gasteiger partial charge in [0.1, 0.15) is 16.0 Å². The van der Waals surface area contributed by atoms with Gasteiger partial charge < -0.3 is 19.9 Å². The van der Waals surface area contributed by atoms with E-state index < -0.39 is 17.7 Å². The number of nitrogens with one attached hydrogen (secondary N) is 1. The highest BCUT2D eigenvalue weighted by molar-refractivity contribution is 9.10. The number of hydrogen-bond acceptors (Lipinski definition) is 6. The van der Waals surface area contributed by atoms with Crippen LogP contribution in [-0.2, 0) is 16.0 Å². The quantitative estimate of drug-likeness (QED) is 0.645. The summed E-state index contributed by atoms with van der Waals surface area (Å²) in [4.78, 5) is 24.4. The third kappa shape index (κ3) is 5.72. The van der Waals surface area contributed by atoms with Crippen LogP contribution in [0.4, 0.5) is 4.79 Å². The molecule has 9 heteroatoms. The van der Waals surface area contributed by atoms with E-state index in [0.29, 0.717) is 15.7 Å². The number of phenolic OH excluding ortho intramolecular Hbond substituents is 1. The van der Waals surface area contributed by atoms with Gasteiger partial charge in [0.2, 0.25) is 0 Å². The second kappa shape index (κ2) is 9.09. The average Bonchev–Trinajstić information content (AvgIpc) is 2.90. The number of hydrogen-bond donors (Lipinski definition) is 2. The molecule has 1 aromatic carbocycles. The minimum Gasteiger partial charge on any atom is -0.508 e. The van der Waals surface area contributed by atoms with Crippen molar-refractivity contribution in [1.82, 2.24) is 15.1 Å². The van der Waals surface area contributed by atoms with Gasteiger partial charge in [0.05, 0.1) is 13.2 Å². The van der Waals surface area contributed by atoms with Gasteiger partial charge >= 0.3 is 12.1 Å². The number of rotatable bonds is 6. The first-order chi connectivity index (χ1) is 13.1.